The third-order valence-electron chi connectivity index (χ3n) is 3.73. The molecule has 0 aliphatic carbocycles. The summed E-state index contributed by atoms with van der Waals surface area (Å²) < 4.78 is 0. The molecule has 0 saturated carbocycles. The summed E-state index contributed by atoms with van der Waals surface area (Å²) >= 11 is 0. The number of rotatable bonds is 5. The van der Waals surface area contributed by atoms with Gasteiger partial charge in [0.1, 0.15) is 6.04 Å². The summed E-state index contributed by atoms with van der Waals surface area (Å²) in [7, 11) is 0. The van der Waals surface area contributed by atoms with Gasteiger partial charge in [0.2, 0.25) is 5.91 Å². The fourth-order valence-electron chi connectivity index (χ4n) is 2.62. The Balaban J connectivity index is 1.88. The highest BCUT2D eigenvalue weighted by atomic mass is 16.3. The number of nitrogens with two attached hydrogens (primary N) is 1. The van der Waals surface area contributed by atoms with Crippen LogP contribution in [0, 0.1) is 16.2 Å². The van der Waals surface area contributed by atoms with Crippen LogP contribution in [0.3, 0.4) is 0 Å². The van der Waals surface area contributed by atoms with Gasteiger partial charge >= 0.3 is 0 Å². The van der Waals surface area contributed by atoms with Crippen molar-refractivity contribution in [2.75, 3.05) is 6.54 Å². The number of carbonyl (C=O) groups is 1. The summed E-state index contributed by atoms with van der Waals surface area (Å²) in [5.74, 6) is -0.0515. The number of nitroso groups, excluding NO2 is 1. The molecule has 1 aromatic carbocycles. The average molecular weight is 287 g/mol. The van der Waals surface area contributed by atoms with E-state index in [9.17, 15) is 9.70 Å². The largest absolute Gasteiger partial charge is 0.327 e. The minimum absolute atomic E-state index is 0.0515. The van der Waals surface area contributed by atoms with Crippen LogP contribution in [0.25, 0.3) is 0 Å². The van der Waals surface area contributed by atoms with Crippen molar-refractivity contribution < 1.29 is 9.97 Å². The Hall–Kier alpha value is -2.26. The standard InChI is InChI=1S/C15H18N4O2/c16-10-14-2-1-7-19(14)15(20)9-12(17)8-11-3-5-13(18-21)6-4-11/h3-6,12,14H,1-2,7-9,17H2/p+1/t12-,14+/m1/s1. The number of hydrogen-bond acceptors (Lipinski definition) is 4. The number of amides is 1. The van der Waals surface area contributed by atoms with E-state index < -0.39 is 0 Å². The van der Waals surface area contributed by atoms with Gasteiger partial charge in [-0.15, -0.1) is 0 Å². The van der Waals surface area contributed by atoms with E-state index in [0.29, 0.717) is 18.7 Å². The summed E-state index contributed by atoms with van der Waals surface area (Å²) in [5.41, 5.74) is 7.50. The van der Waals surface area contributed by atoms with Crippen LogP contribution >= 0.6 is 0 Å². The molecule has 1 aromatic rings. The number of nitrogens with one attached hydrogen (secondary N) is 1. The fraction of sp³-hybridized carbons (Fsp3) is 0.467. The molecule has 6 nitrogen and oxygen atoms in total. The van der Waals surface area contributed by atoms with Crippen molar-refractivity contribution in [1.29, 1.82) is 5.26 Å². The zero-order valence-corrected chi connectivity index (χ0v) is 11.8. The van der Waals surface area contributed by atoms with E-state index in [4.69, 9.17) is 11.0 Å². The van der Waals surface area contributed by atoms with Crippen molar-refractivity contribution in [1.82, 2.24) is 4.90 Å². The van der Waals surface area contributed by atoms with Gasteiger partial charge < -0.3 is 10.6 Å². The molecule has 1 heterocycles. The first-order valence-electron chi connectivity index (χ1n) is 7.06. The van der Waals surface area contributed by atoms with E-state index in [2.05, 4.69) is 6.07 Å². The zero-order valence-electron chi connectivity index (χ0n) is 11.8. The second kappa shape index (κ2) is 6.95. The van der Waals surface area contributed by atoms with E-state index in [1.807, 2.05) is 17.3 Å². The maximum Gasteiger partial charge on any atom is 0.253 e. The molecule has 2 atom stereocenters. The molecule has 110 valence electrons. The molecule has 1 fully saturated rings. The molecule has 0 radical (unpaired) electrons. The molecule has 0 unspecified atom stereocenters. The molecule has 1 saturated heterocycles. The summed E-state index contributed by atoms with van der Waals surface area (Å²) in [5, 5.41) is 10.8. The van der Waals surface area contributed by atoms with Gasteiger partial charge in [-0.05, 0) is 24.8 Å². The van der Waals surface area contributed by atoms with Crippen LogP contribution in [0.15, 0.2) is 24.3 Å². The lowest BCUT2D eigenvalue weighted by atomic mass is 10.0. The smallest absolute Gasteiger partial charge is 0.253 e. The van der Waals surface area contributed by atoms with Crippen molar-refractivity contribution in [3.8, 4) is 6.07 Å². The van der Waals surface area contributed by atoms with Crippen LogP contribution in [-0.4, -0.2) is 29.4 Å². The Morgan fingerprint density at radius 1 is 1.48 bits per heavy atom. The fourth-order valence-corrected chi connectivity index (χ4v) is 2.62. The Labute approximate surface area is 123 Å². The van der Waals surface area contributed by atoms with Gasteiger partial charge in [0.25, 0.3) is 5.69 Å². The van der Waals surface area contributed by atoms with Crippen molar-refractivity contribution in [2.45, 2.75) is 37.8 Å². The molecule has 0 spiro atoms. The monoisotopic (exact) mass is 287 g/mol. The predicted octanol–water partition coefficient (Wildman–Crippen LogP) is -0.0604. The SMILES string of the molecule is N#C[C@@H]1CCCN1C(=O)C[C@H](N)Cc1ccc([NH+]=O)cc1. The lowest BCUT2D eigenvalue weighted by Gasteiger charge is -2.21. The van der Waals surface area contributed by atoms with E-state index in [0.717, 1.165) is 18.4 Å². The van der Waals surface area contributed by atoms with Gasteiger partial charge in [-0.1, -0.05) is 12.1 Å². The highest BCUT2D eigenvalue weighted by molar-refractivity contribution is 5.77. The zero-order chi connectivity index (χ0) is 15.2. The molecule has 6 heteroatoms. The normalized spacial score (nSPS) is 19.0. The van der Waals surface area contributed by atoms with Gasteiger partial charge in [-0.25, -0.2) is 0 Å². The summed E-state index contributed by atoms with van der Waals surface area (Å²) in [6.45, 7) is 0.646. The minimum Gasteiger partial charge on any atom is -0.327 e. The van der Waals surface area contributed by atoms with E-state index in [-0.39, 0.29) is 24.4 Å². The van der Waals surface area contributed by atoms with Gasteiger partial charge in [0.05, 0.1) is 6.07 Å². The minimum atomic E-state index is -0.299. The first-order valence-corrected chi connectivity index (χ1v) is 7.06. The number of nitriles is 1. The second-order valence-electron chi connectivity index (χ2n) is 5.34. The number of carbonyl (C=O) groups excluding carboxylic acids is 1. The van der Waals surface area contributed by atoms with Crippen LogP contribution in [0.4, 0.5) is 5.69 Å². The highest BCUT2D eigenvalue weighted by Crippen LogP contribution is 2.18. The number of likely N-dealkylation sites (tertiary alicyclic amines) is 1. The molecular weight excluding hydrogens is 268 g/mol. The molecule has 1 amide bonds. The van der Waals surface area contributed by atoms with Crippen molar-refractivity contribution in [3.05, 3.63) is 34.7 Å². The quantitative estimate of drug-likeness (QED) is 0.792. The second-order valence-corrected chi connectivity index (χ2v) is 5.34. The third kappa shape index (κ3) is 3.86. The molecule has 1 aliphatic heterocycles. The molecule has 1 aliphatic rings. The summed E-state index contributed by atoms with van der Waals surface area (Å²) in [6.07, 6.45) is 2.43. The average Bonchev–Trinajstić information content (AvgIpc) is 2.96. The van der Waals surface area contributed by atoms with E-state index in [1.54, 1.807) is 17.0 Å². The topological polar surface area (TPSA) is 101 Å². The van der Waals surface area contributed by atoms with Crippen molar-refractivity contribution >= 4 is 11.6 Å². The molecule has 2 rings (SSSR count). The Bertz CT molecular complexity index is 550. The van der Waals surface area contributed by atoms with Gasteiger partial charge in [0, 0.05) is 41.2 Å². The molecule has 3 N–H and O–H groups in total. The van der Waals surface area contributed by atoms with Crippen LogP contribution in [0.1, 0.15) is 24.8 Å². The summed E-state index contributed by atoms with van der Waals surface area (Å²) in [6, 6.07) is 8.57. The van der Waals surface area contributed by atoms with Crippen molar-refractivity contribution in [2.24, 2.45) is 5.73 Å². The Morgan fingerprint density at radius 3 is 2.81 bits per heavy atom. The van der Waals surface area contributed by atoms with E-state index in [1.165, 1.54) is 0 Å². The van der Waals surface area contributed by atoms with Crippen LogP contribution in [0.5, 0.6) is 0 Å². The number of hydrogen-bond donors (Lipinski definition) is 2. The number of nitrogens with zero attached hydrogens (tertiary/aromatic N) is 2. The van der Waals surface area contributed by atoms with Crippen LogP contribution in [-0.2, 0) is 11.2 Å². The summed E-state index contributed by atoms with van der Waals surface area (Å²) in [4.78, 5) is 24.3. The molecule has 0 aromatic heterocycles. The highest BCUT2D eigenvalue weighted by Gasteiger charge is 2.29. The lowest BCUT2D eigenvalue weighted by Crippen LogP contribution is -2.55. The van der Waals surface area contributed by atoms with Crippen LogP contribution in [0.2, 0.25) is 0 Å². The Kier molecular flexibility index (Phi) is 5.01. The van der Waals surface area contributed by atoms with Crippen LogP contribution < -0.4 is 10.9 Å². The third-order valence-corrected chi connectivity index (χ3v) is 3.73. The first kappa shape index (κ1) is 15.1. The number of benzene rings is 1. The van der Waals surface area contributed by atoms with Gasteiger partial charge in [-0.3, -0.25) is 4.79 Å². The lowest BCUT2D eigenvalue weighted by molar-refractivity contribution is -0.379. The maximum atomic E-state index is 12.2. The molecule has 0 bridgehead atoms. The predicted molar refractivity (Wildman–Crippen MR) is 77.1 cm³/mol. The molecular formula is C15H19N4O2+. The van der Waals surface area contributed by atoms with Crippen molar-refractivity contribution in [3.63, 3.8) is 0 Å². The van der Waals surface area contributed by atoms with Gasteiger partial charge in [0.15, 0.2) is 0 Å². The Morgan fingerprint density at radius 2 is 2.19 bits per heavy atom. The molecule has 21 heavy (non-hydrogen) atoms. The van der Waals surface area contributed by atoms with Gasteiger partial charge in [-0.2, -0.15) is 5.26 Å². The maximum absolute atomic E-state index is 12.2. The van der Waals surface area contributed by atoms with E-state index >= 15 is 0 Å². The first-order chi connectivity index (χ1) is 10.1.